The first-order valence-electron chi connectivity index (χ1n) is 5.42. The lowest BCUT2D eigenvalue weighted by Crippen LogP contribution is -2.05. The molecule has 0 aromatic rings. The zero-order valence-corrected chi connectivity index (χ0v) is 10.3. The van der Waals surface area contributed by atoms with E-state index in [1.165, 1.54) is 32.2 Å². The van der Waals surface area contributed by atoms with Crippen molar-refractivity contribution in [1.82, 2.24) is 4.31 Å². The summed E-state index contributed by atoms with van der Waals surface area (Å²) in [5.74, 6) is 0. The van der Waals surface area contributed by atoms with Gasteiger partial charge >= 0.3 is 0 Å². The number of unbranched alkanes of at least 4 members (excludes halogenated alkanes) is 2. The van der Waals surface area contributed by atoms with E-state index >= 15 is 0 Å². The van der Waals surface area contributed by atoms with Crippen LogP contribution in [-0.2, 0) is 0 Å². The maximum absolute atomic E-state index is 2.47. The minimum absolute atomic E-state index is 0.530. The molecule has 0 amide bonds. The van der Waals surface area contributed by atoms with E-state index in [2.05, 4.69) is 32.0 Å². The Morgan fingerprint density at radius 3 is 2.23 bits per heavy atom. The van der Waals surface area contributed by atoms with Gasteiger partial charge in [0.1, 0.15) is 0 Å². The van der Waals surface area contributed by atoms with E-state index in [1.54, 1.807) is 0 Å². The molecule has 2 atom stereocenters. The van der Waals surface area contributed by atoms with Crippen LogP contribution in [-0.4, -0.2) is 16.2 Å². The van der Waals surface area contributed by atoms with Crippen molar-refractivity contribution in [3.05, 3.63) is 0 Å². The van der Waals surface area contributed by atoms with Gasteiger partial charge in [-0.1, -0.05) is 45.6 Å². The Morgan fingerprint density at radius 2 is 1.77 bits per heavy atom. The summed E-state index contributed by atoms with van der Waals surface area (Å²) in [6.45, 7) is 10.6. The highest BCUT2D eigenvalue weighted by molar-refractivity contribution is 8.03. The maximum atomic E-state index is 2.47. The van der Waals surface area contributed by atoms with Crippen LogP contribution in [0.5, 0.6) is 0 Å². The fraction of sp³-hybridized carbons (Fsp3) is 1.00. The normalized spacial score (nSPS) is 27.7. The van der Waals surface area contributed by atoms with Crippen LogP contribution in [0.4, 0.5) is 0 Å². The Balaban J connectivity index is 1.84. The largest absolute Gasteiger partial charge is 0.235 e. The molecule has 0 aromatic heterocycles. The van der Waals surface area contributed by atoms with Crippen LogP contribution in [0.1, 0.15) is 53.4 Å². The number of rotatable bonds is 5. The zero-order chi connectivity index (χ0) is 9.90. The molecule has 0 N–H and O–H groups in total. The first kappa shape index (κ1) is 11.4. The highest BCUT2D eigenvalue weighted by atomic mass is 32.2. The summed E-state index contributed by atoms with van der Waals surface area (Å²) in [7, 11) is 0. The smallest absolute Gasteiger partial charge is 0.0775 e. The first-order valence-corrected chi connectivity index (χ1v) is 6.26. The van der Waals surface area contributed by atoms with Crippen LogP contribution in [0, 0.1) is 5.41 Å². The Morgan fingerprint density at radius 1 is 1.15 bits per heavy atom. The molecular formula is C11H23NS. The molecule has 0 radical (unpaired) electrons. The standard InChI is InChI=1S/C11H23NS/c1-10-12(13-10)9-7-5-6-8-11(2,3)4/h10H,5-9H2,1-4H3. The predicted molar refractivity (Wildman–Crippen MR) is 61.7 cm³/mol. The second-order valence-corrected chi connectivity index (χ2v) is 6.58. The van der Waals surface area contributed by atoms with Crippen molar-refractivity contribution in [3.63, 3.8) is 0 Å². The van der Waals surface area contributed by atoms with Gasteiger partial charge in [-0.15, -0.1) is 0 Å². The number of nitrogens with zero attached hydrogens (tertiary/aromatic N) is 1. The SMILES string of the molecule is CC1SN1CCCCCC(C)(C)C. The van der Waals surface area contributed by atoms with Crippen molar-refractivity contribution in [2.45, 2.75) is 58.8 Å². The van der Waals surface area contributed by atoms with Gasteiger partial charge in [-0.3, -0.25) is 0 Å². The molecule has 1 aliphatic rings. The summed E-state index contributed by atoms with van der Waals surface area (Å²) in [4.78, 5) is 0. The molecule has 1 heterocycles. The summed E-state index contributed by atoms with van der Waals surface area (Å²) in [5, 5.41) is 0.808. The van der Waals surface area contributed by atoms with E-state index in [4.69, 9.17) is 0 Å². The average Bonchev–Trinajstić information content (AvgIpc) is 2.63. The van der Waals surface area contributed by atoms with E-state index in [-0.39, 0.29) is 0 Å². The summed E-state index contributed by atoms with van der Waals surface area (Å²) in [5.41, 5.74) is 0.530. The fourth-order valence-electron chi connectivity index (χ4n) is 1.50. The van der Waals surface area contributed by atoms with Gasteiger partial charge in [0.15, 0.2) is 0 Å². The van der Waals surface area contributed by atoms with E-state index in [0.717, 1.165) is 5.37 Å². The van der Waals surface area contributed by atoms with E-state index in [1.807, 2.05) is 11.9 Å². The molecule has 1 rings (SSSR count). The Kier molecular flexibility index (Phi) is 4.11. The number of hydrogen-bond acceptors (Lipinski definition) is 2. The predicted octanol–water partition coefficient (Wildman–Crippen LogP) is 3.90. The monoisotopic (exact) mass is 201 g/mol. The molecule has 0 aliphatic carbocycles. The van der Waals surface area contributed by atoms with E-state index < -0.39 is 0 Å². The van der Waals surface area contributed by atoms with Crippen LogP contribution in [0.3, 0.4) is 0 Å². The third-order valence-corrected chi connectivity index (χ3v) is 3.57. The van der Waals surface area contributed by atoms with Crippen LogP contribution < -0.4 is 0 Å². The molecule has 1 aliphatic heterocycles. The Hall–Kier alpha value is 0.310. The van der Waals surface area contributed by atoms with Crippen LogP contribution in [0.25, 0.3) is 0 Å². The van der Waals surface area contributed by atoms with Gasteiger partial charge in [0, 0.05) is 6.54 Å². The molecule has 2 heteroatoms. The highest BCUT2D eigenvalue weighted by Crippen LogP contribution is 2.38. The van der Waals surface area contributed by atoms with Crippen LogP contribution in [0.2, 0.25) is 0 Å². The molecular weight excluding hydrogens is 178 g/mol. The Bertz CT molecular complexity index is 151. The molecule has 1 nitrogen and oxygen atoms in total. The molecule has 0 bridgehead atoms. The third kappa shape index (κ3) is 5.58. The molecule has 0 spiro atoms. The molecule has 0 saturated carbocycles. The zero-order valence-electron chi connectivity index (χ0n) is 9.47. The minimum Gasteiger partial charge on any atom is -0.235 e. The molecule has 78 valence electrons. The first-order chi connectivity index (χ1) is 5.99. The van der Waals surface area contributed by atoms with Crippen LogP contribution >= 0.6 is 11.9 Å². The topological polar surface area (TPSA) is 3.01 Å². The third-order valence-electron chi connectivity index (χ3n) is 2.45. The lowest BCUT2D eigenvalue weighted by Gasteiger charge is -2.17. The quantitative estimate of drug-likeness (QED) is 0.377. The van der Waals surface area contributed by atoms with Gasteiger partial charge < -0.3 is 0 Å². The van der Waals surface area contributed by atoms with Crippen LogP contribution in [0.15, 0.2) is 0 Å². The van der Waals surface area contributed by atoms with E-state index in [9.17, 15) is 0 Å². The fourth-order valence-corrected chi connectivity index (χ4v) is 2.18. The van der Waals surface area contributed by atoms with Gasteiger partial charge in [0.05, 0.1) is 5.37 Å². The highest BCUT2D eigenvalue weighted by Gasteiger charge is 2.29. The lowest BCUT2D eigenvalue weighted by molar-refractivity contribution is 0.354. The second kappa shape index (κ2) is 4.70. The van der Waals surface area contributed by atoms with Gasteiger partial charge in [-0.2, -0.15) is 0 Å². The van der Waals surface area contributed by atoms with Crippen molar-refractivity contribution in [3.8, 4) is 0 Å². The van der Waals surface area contributed by atoms with Crippen molar-refractivity contribution < 1.29 is 0 Å². The van der Waals surface area contributed by atoms with Gasteiger partial charge in [-0.25, -0.2) is 4.31 Å². The lowest BCUT2D eigenvalue weighted by atomic mass is 9.89. The molecule has 0 aromatic carbocycles. The molecule has 13 heavy (non-hydrogen) atoms. The molecule has 1 saturated heterocycles. The van der Waals surface area contributed by atoms with Gasteiger partial charge in [0.25, 0.3) is 0 Å². The summed E-state index contributed by atoms with van der Waals surface area (Å²) in [6.07, 6.45) is 5.56. The van der Waals surface area contributed by atoms with E-state index in [0.29, 0.717) is 5.41 Å². The van der Waals surface area contributed by atoms with Crippen molar-refractivity contribution in [2.75, 3.05) is 6.54 Å². The van der Waals surface area contributed by atoms with Gasteiger partial charge in [0.2, 0.25) is 0 Å². The Labute approximate surface area is 87.4 Å². The minimum atomic E-state index is 0.530. The summed E-state index contributed by atoms with van der Waals surface area (Å²) in [6, 6.07) is 0. The summed E-state index contributed by atoms with van der Waals surface area (Å²) >= 11 is 1.99. The van der Waals surface area contributed by atoms with Crippen molar-refractivity contribution in [2.24, 2.45) is 5.41 Å². The van der Waals surface area contributed by atoms with Crippen molar-refractivity contribution in [1.29, 1.82) is 0 Å². The van der Waals surface area contributed by atoms with Crippen molar-refractivity contribution >= 4 is 11.9 Å². The summed E-state index contributed by atoms with van der Waals surface area (Å²) < 4.78 is 2.47. The maximum Gasteiger partial charge on any atom is 0.0775 e. The molecule has 2 unspecified atom stereocenters. The molecule has 1 fully saturated rings. The average molecular weight is 201 g/mol. The number of hydrogen-bond donors (Lipinski definition) is 0. The second-order valence-electron chi connectivity index (χ2n) is 5.22. The van der Waals surface area contributed by atoms with Gasteiger partial charge in [-0.05, 0) is 25.2 Å².